The van der Waals surface area contributed by atoms with E-state index in [4.69, 9.17) is 5.73 Å². The number of carbonyl (C=O) groups is 1. The van der Waals surface area contributed by atoms with Crippen LogP contribution in [-0.2, 0) is 13.0 Å². The van der Waals surface area contributed by atoms with Crippen molar-refractivity contribution in [3.8, 4) is 0 Å². The molecule has 2 N–H and O–H groups in total. The summed E-state index contributed by atoms with van der Waals surface area (Å²) in [6.45, 7) is 8.47. The molecule has 0 aromatic carbocycles. The molecule has 1 aliphatic heterocycles. The average molecular weight is 301 g/mol. The first-order chi connectivity index (χ1) is 9.01. The zero-order valence-electron chi connectivity index (χ0n) is 12.5. The van der Waals surface area contributed by atoms with Crippen molar-refractivity contribution in [3.05, 3.63) is 17.5 Å². The third-order valence-corrected chi connectivity index (χ3v) is 3.48. The summed E-state index contributed by atoms with van der Waals surface area (Å²) >= 11 is 0. The van der Waals surface area contributed by atoms with E-state index >= 15 is 0 Å². The average Bonchev–Trinajstić information content (AvgIpc) is 2.94. The molecule has 0 spiro atoms. The Morgan fingerprint density at radius 2 is 2.25 bits per heavy atom. The number of amides is 1. The summed E-state index contributed by atoms with van der Waals surface area (Å²) in [7, 11) is 0. The minimum absolute atomic E-state index is 0. The van der Waals surface area contributed by atoms with Gasteiger partial charge in [-0.15, -0.1) is 12.4 Å². The van der Waals surface area contributed by atoms with Gasteiger partial charge < -0.3 is 10.6 Å². The molecular formula is C14H25ClN4O. The van der Waals surface area contributed by atoms with Crippen LogP contribution >= 0.6 is 12.4 Å². The minimum atomic E-state index is 0. The molecule has 0 aliphatic carbocycles. The van der Waals surface area contributed by atoms with E-state index < -0.39 is 0 Å². The first-order valence-corrected chi connectivity index (χ1v) is 7.12. The predicted octanol–water partition coefficient (Wildman–Crippen LogP) is 1.70. The third-order valence-electron chi connectivity index (χ3n) is 3.48. The largest absolute Gasteiger partial charge is 0.336 e. The van der Waals surface area contributed by atoms with Crippen molar-refractivity contribution < 1.29 is 4.79 Å². The van der Waals surface area contributed by atoms with Crippen LogP contribution < -0.4 is 5.73 Å². The SMILES string of the molecule is CCn1nc(CC(C)C)cc1C(=O)N1CCC(N)C1.Cl. The molecule has 1 aliphatic rings. The lowest BCUT2D eigenvalue weighted by Crippen LogP contribution is -2.33. The summed E-state index contributed by atoms with van der Waals surface area (Å²) < 4.78 is 1.81. The molecule has 20 heavy (non-hydrogen) atoms. The van der Waals surface area contributed by atoms with Gasteiger partial charge in [0.15, 0.2) is 0 Å². The normalized spacial score (nSPS) is 18.4. The van der Waals surface area contributed by atoms with Gasteiger partial charge in [0.25, 0.3) is 5.91 Å². The zero-order chi connectivity index (χ0) is 14.0. The monoisotopic (exact) mass is 300 g/mol. The lowest BCUT2D eigenvalue weighted by Gasteiger charge is -2.15. The number of halogens is 1. The number of nitrogens with zero attached hydrogens (tertiary/aromatic N) is 3. The molecule has 0 bridgehead atoms. The van der Waals surface area contributed by atoms with Crippen LogP contribution in [0.1, 0.15) is 43.4 Å². The molecule has 2 heterocycles. The number of likely N-dealkylation sites (tertiary alicyclic amines) is 1. The molecule has 1 fully saturated rings. The van der Waals surface area contributed by atoms with Gasteiger partial charge in [0.1, 0.15) is 5.69 Å². The van der Waals surface area contributed by atoms with E-state index in [1.165, 1.54) is 0 Å². The van der Waals surface area contributed by atoms with Crippen LogP contribution in [0.5, 0.6) is 0 Å². The molecule has 6 heteroatoms. The van der Waals surface area contributed by atoms with Gasteiger partial charge in [-0.1, -0.05) is 13.8 Å². The van der Waals surface area contributed by atoms with Crippen molar-refractivity contribution in [2.24, 2.45) is 11.7 Å². The summed E-state index contributed by atoms with van der Waals surface area (Å²) in [5.41, 5.74) is 7.57. The number of hydrogen-bond acceptors (Lipinski definition) is 3. The molecular weight excluding hydrogens is 276 g/mol. The fourth-order valence-electron chi connectivity index (χ4n) is 2.54. The number of carbonyl (C=O) groups excluding carboxylic acids is 1. The van der Waals surface area contributed by atoms with Gasteiger partial charge in [-0.05, 0) is 31.7 Å². The molecule has 1 aromatic rings. The molecule has 1 unspecified atom stereocenters. The second-order valence-electron chi connectivity index (χ2n) is 5.73. The summed E-state index contributed by atoms with van der Waals surface area (Å²) in [4.78, 5) is 14.3. The van der Waals surface area contributed by atoms with E-state index in [9.17, 15) is 4.79 Å². The summed E-state index contributed by atoms with van der Waals surface area (Å²) in [6.07, 6.45) is 1.80. The summed E-state index contributed by atoms with van der Waals surface area (Å²) in [6, 6.07) is 2.06. The number of aromatic nitrogens is 2. The Morgan fingerprint density at radius 3 is 2.75 bits per heavy atom. The molecule has 2 rings (SSSR count). The maximum Gasteiger partial charge on any atom is 0.272 e. The highest BCUT2D eigenvalue weighted by Gasteiger charge is 2.27. The predicted molar refractivity (Wildman–Crippen MR) is 82.2 cm³/mol. The van der Waals surface area contributed by atoms with Crippen LogP contribution in [0.4, 0.5) is 0 Å². The molecule has 1 atom stereocenters. The van der Waals surface area contributed by atoms with E-state index in [1.807, 2.05) is 22.6 Å². The Bertz CT molecular complexity index is 458. The van der Waals surface area contributed by atoms with E-state index in [0.29, 0.717) is 18.2 Å². The van der Waals surface area contributed by atoms with Crippen molar-refractivity contribution in [1.29, 1.82) is 0 Å². The maximum atomic E-state index is 12.5. The molecule has 0 saturated carbocycles. The van der Waals surface area contributed by atoms with Crippen molar-refractivity contribution >= 4 is 18.3 Å². The first kappa shape index (κ1) is 17.0. The zero-order valence-corrected chi connectivity index (χ0v) is 13.3. The van der Waals surface area contributed by atoms with Gasteiger partial charge in [0.2, 0.25) is 0 Å². The Kier molecular flexibility index (Phi) is 6.02. The van der Waals surface area contributed by atoms with Crippen LogP contribution in [-0.4, -0.2) is 39.7 Å². The van der Waals surface area contributed by atoms with Crippen molar-refractivity contribution in [1.82, 2.24) is 14.7 Å². The van der Waals surface area contributed by atoms with Crippen molar-refractivity contribution in [3.63, 3.8) is 0 Å². The molecule has 1 saturated heterocycles. The number of rotatable bonds is 4. The summed E-state index contributed by atoms with van der Waals surface area (Å²) in [5.74, 6) is 0.612. The highest BCUT2D eigenvalue weighted by Crippen LogP contribution is 2.15. The van der Waals surface area contributed by atoms with Crippen LogP contribution in [0.25, 0.3) is 0 Å². The topological polar surface area (TPSA) is 64.2 Å². The Labute approximate surface area is 126 Å². The van der Waals surface area contributed by atoms with Crippen LogP contribution in [0.15, 0.2) is 6.07 Å². The molecule has 1 aromatic heterocycles. The Morgan fingerprint density at radius 1 is 1.55 bits per heavy atom. The number of hydrogen-bond donors (Lipinski definition) is 1. The second-order valence-corrected chi connectivity index (χ2v) is 5.73. The van der Waals surface area contributed by atoms with E-state index in [-0.39, 0.29) is 24.4 Å². The van der Waals surface area contributed by atoms with Crippen molar-refractivity contribution in [2.45, 2.75) is 46.2 Å². The third kappa shape index (κ3) is 3.73. The number of aryl methyl sites for hydroxylation is 1. The first-order valence-electron chi connectivity index (χ1n) is 7.12. The Balaban J connectivity index is 0.00000200. The van der Waals surface area contributed by atoms with Gasteiger partial charge in [-0.2, -0.15) is 5.10 Å². The smallest absolute Gasteiger partial charge is 0.272 e. The summed E-state index contributed by atoms with van der Waals surface area (Å²) in [5, 5.41) is 4.52. The van der Waals surface area contributed by atoms with E-state index in [0.717, 1.165) is 31.6 Å². The fraction of sp³-hybridized carbons (Fsp3) is 0.714. The van der Waals surface area contributed by atoms with Gasteiger partial charge >= 0.3 is 0 Å². The van der Waals surface area contributed by atoms with Crippen LogP contribution in [0, 0.1) is 5.92 Å². The molecule has 114 valence electrons. The molecule has 5 nitrogen and oxygen atoms in total. The van der Waals surface area contributed by atoms with E-state index in [2.05, 4.69) is 18.9 Å². The van der Waals surface area contributed by atoms with Gasteiger partial charge in [0.05, 0.1) is 5.69 Å². The highest BCUT2D eigenvalue weighted by atomic mass is 35.5. The van der Waals surface area contributed by atoms with Crippen LogP contribution in [0.3, 0.4) is 0 Å². The van der Waals surface area contributed by atoms with Gasteiger partial charge in [-0.3, -0.25) is 9.48 Å². The highest BCUT2D eigenvalue weighted by molar-refractivity contribution is 5.93. The maximum absolute atomic E-state index is 12.5. The Hall–Kier alpha value is -1.07. The van der Waals surface area contributed by atoms with Crippen molar-refractivity contribution in [2.75, 3.05) is 13.1 Å². The fourth-order valence-corrected chi connectivity index (χ4v) is 2.54. The molecule has 1 amide bonds. The minimum Gasteiger partial charge on any atom is -0.336 e. The van der Waals surface area contributed by atoms with E-state index in [1.54, 1.807) is 0 Å². The standard InChI is InChI=1S/C14H24N4O.ClH/c1-4-18-13(8-12(16-18)7-10(2)3)14(19)17-6-5-11(15)9-17;/h8,10-11H,4-7,9,15H2,1-3H3;1H. The van der Waals surface area contributed by atoms with Gasteiger partial charge in [-0.25, -0.2) is 0 Å². The number of nitrogens with two attached hydrogens (primary N) is 1. The lowest BCUT2D eigenvalue weighted by atomic mass is 10.1. The molecule has 0 radical (unpaired) electrons. The van der Waals surface area contributed by atoms with Crippen LogP contribution in [0.2, 0.25) is 0 Å². The van der Waals surface area contributed by atoms with Gasteiger partial charge in [0, 0.05) is 25.7 Å². The quantitative estimate of drug-likeness (QED) is 0.920. The lowest BCUT2D eigenvalue weighted by molar-refractivity contribution is 0.0778. The second kappa shape index (κ2) is 7.09.